The monoisotopic (exact) mass is 539 g/mol. The molecule has 2 amide bonds. The molecule has 1 aliphatic heterocycles. The van der Waals surface area contributed by atoms with E-state index < -0.39 is 0 Å². The molecule has 1 fully saturated rings. The van der Waals surface area contributed by atoms with E-state index in [1.165, 1.54) is 0 Å². The predicted molar refractivity (Wildman–Crippen MR) is 157 cm³/mol. The van der Waals surface area contributed by atoms with Crippen LogP contribution in [0.5, 0.6) is 5.75 Å². The van der Waals surface area contributed by atoms with Crippen LogP contribution in [0.2, 0.25) is 0 Å². The molecule has 208 valence electrons. The molecule has 7 nitrogen and oxygen atoms in total. The first-order chi connectivity index (χ1) is 19.6. The molecule has 2 aliphatic rings. The number of rotatable bonds is 11. The SMILES string of the molecule is COCCNC(=O)c1cc(CN(C(=O)C2=C(c3cccc(-c4ccccc4)c3)CCNC2)C2CC2)cc(OC)c1. The Kier molecular flexibility index (Phi) is 8.94. The first-order valence-electron chi connectivity index (χ1n) is 13.9. The molecule has 0 saturated heterocycles. The predicted octanol–water partition coefficient (Wildman–Crippen LogP) is 4.68. The van der Waals surface area contributed by atoms with E-state index in [2.05, 4.69) is 47.0 Å². The summed E-state index contributed by atoms with van der Waals surface area (Å²) in [5.74, 6) is 0.458. The average molecular weight is 540 g/mol. The van der Waals surface area contributed by atoms with Crippen LogP contribution in [0.15, 0.2) is 78.4 Å². The summed E-state index contributed by atoms with van der Waals surface area (Å²) in [4.78, 5) is 28.9. The molecule has 3 aromatic carbocycles. The van der Waals surface area contributed by atoms with Crippen molar-refractivity contribution >= 4 is 17.4 Å². The maximum absolute atomic E-state index is 14.2. The zero-order valence-electron chi connectivity index (χ0n) is 23.2. The molecule has 1 heterocycles. The van der Waals surface area contributed by atoms with E-state index in [9.17, 15) is 9.59 Å². The van der Waals surface area contributed by atoms with Crippen molar-refractivity contribution in [2.75, 3.05) is 40.5 Å². The van der Waals surface area contributed by atoms with Crippen molar-refractivity contribution in [1.82, 2.24) is 15.5 Å². The fourth-order valence-corrected chi connectivity index (χ4v) is 5.22. The van der Waals surface area contributed by atoms with Gasteiger partial charge < -0.3 is 25.0 Å². The van der Waals surface area contributed by atoms with E-state index in [4.69, 9.17) is 9.47 Å². The summed E-state index contributed by atoms with van der Waals surface area (Å²) in [5.41, 5.74) is 6.70. The van der Waals surface area contributed by atoms with Crippen LogP contribution in [-0.2, 0) is 16.1 Å². The lowest BCUT2D eigenvalue weighted by atomic mass is 9.91. The molecule has 7 heteroatoms. The van der Waals surface area contributed by atoms with Crippen LogP contribution >= 0.6 is 0 Å². The van der Waals surface area contributed by atoms with Crippen LogP contribution in [0.3, 0.4) is 0 Å². The van der Waals surface area contributed by atoms with Crippen molar-refractivity contribution in [1.29, 1.82) is 0 Å². The van der Waals surface area contributed by atoms with Gasteiger partial charge in [0.25, 0.3) is 11.8 Å². The third kappa shape index (κ3) is 6.61. The van der Waals surface area contributed by atoms with Gasteiger partial charge in [-0.2, -0.15) is 0 Å². The highest BCUT2D eigenvalue weighted by Crippen LogP contribution is 2.34. The number of benzene rings is 3. The minimum Gasteiger partial charge on any atom is -0.497 e. The minimum atomic E-state index is -0.193. The second kappa shape index (κ2) is 12.9. The summed E-state index contributed by atoms with van der Waals surface area (Å²) in [6.07, 6.45) is 2.77. The molecule has 5 rings (SSSR count). The Balaban J connectivity index is 1.43. The summed E-state index contributed by atoms with van der Waals surface area (Å²) in [6.45, 7) is 2.65. The summed E-state index contributed by atoms with van der Waals surface area (Å²) in [7, 11) is 3.19. The van der Waals surface area contributed by atoms with Crippen LogP contribution in [0, 0.1) is 0 Å². The highest BCUT2D eigenvalue weighted by Gasteiger charge is 2.35. The van der Waals surface area contributed by atoms with Crippen molar-refractivity contribution in [2.24, 2.45) is 0 Å². The smallest absolute Gasteiger partial charge is 0.251 e. The molecule has 1 aliphatic carbocycles. The standard InChI is InChI=1S/C33H37N3O4/c1-39-16-15-35-32(37)27-17-23(18-29(20-27)40-2)22-36(28-11-12-28)33(38)31-21-34-14-13-30(31)26-10-6-9-25(19-26)24-7-4-3-5-8-24/h3-10,17-20,28,34H,11-16,21-22H2,1-2H3,(H,35,37). The number of hydrogen-bond donors (Lipinski definition) is 2. The van der Waals surface area contributed by atoms with Crippen molar-refractivity contribution in [3.8, 4) is 16.9 Å². The highest BCUT2D eigenvalue weighted by atomic mass is 16.5. The third-order valence-electron chi connectivity index (χ3n) is 7.45. The number of carbonyl (C=O) groups is 2. The average Bonchev–Trinajstić information content (AvgIpc) is 3.85. The van der Waals surface area contributed by atoms with Crippen LogP contribution in [0.4, 0.5) is 0 Å². The number of hydrogen-bond acceptors (Lipinski definition) is 5. The van der Waals surface area contributed by atoms with Crippen LogP contribution in [-0.4, -0.2) is 63.2 Å². The van der Waals surface area contributed by atoms with E-state index in [1.807, 2.05) is 35.2 Å². The zero-order chi connectivity index (χ0) is 27.9. The number of amides is 2. The van der Waals surface area contributed by atoms with Crippen LogP contribution < -0.4 is 15.4 Å². The Morgan fingerprint density at radius 2 is 1.73 bits per heavy atom. The lowest BCUT2D eigenvalue weighted by Gasteiger charge is -2.28. The maximum atomic E-state index is 14.2. The fraction of sp³-hybridized carbons (Fsp3) is 0.333. The molecule has 0 spiro atoms. The Morgan fingerprint density at radius 3 is 2.48 bits per heavy atom. The van der Waals surface area contributed by atoms with Gasteiger partial charge in [0.15, 0.2) is 0 Å². The molecule has 2 N–H and O–H groups in total. The normalized spacial score (nSPS) is 15.1. The minimum absolute atomic E-state index is 0.0590. The van der Waals surface area contributed by atoms with Gasteiger partial charge in [-0.25, -0.2) is 0 Å². The van der Waals surface area contributed by atoms with Gasteiger partial charge in [-0.05, 0) is 77.9 Å². The van der Waals surface area contributed by atoms with Gasteiger partial charge in [-0.1, -0.05) is 48.5 Å². The summed E-state index contributed by atoms with van der Waals surface area (Å²) < 4.78 is 10.5. The molecule has 0 unspecified atom stereocenters. The molecule has 0 atom stereocenters. The molecular formula is C33H37N3O4. The zero-order valence-corrected chi connectivity index (χ0v) is 23.2. The first-order valence-corrected chi connectivity index (χ1v) is 13.9. The van der Waals surface area contributed by atoms with E-state index in [0.717, 1.165) is 59.2 Å². The fourth-order valence-electron chi connectivity index (χ4n) is 5.22. The van der Waals surface area contributed by atoms with Crippen molar-refractivity contribution in [3.05, 3.63) is 95.1 Å². The largest absolute Gasteiger partial charge is 0.497 e. The summed E-state index contributed by atoms with van der Waals surface area (Å²) in [6, 6.07) is 24.5. The van der Waals surface area contributed by atoms with Gasteiger partial charge in [0.1, 0.15) is 5.75 Å². The number of nitrogens with zero attached hydrogens (tertiary/aromatic N) is 1. The number of methoxy groups -OCH3 is 2. The Morgan fingerprint density at radius 1 is 0.950 bits per heavy atom. The van der Waals surface area contributed by atoms with E-state index >= 15 is 0 Å². The molecule has 3 aromatic rings. The Bertz CT molecular complexity index is 1380. The van der Waals surface area contributed by atoms with E-state index in [-0.39, 0.29) is 17.9 Å². The van der Waals surface area contributed by atoms with Gasteiger partial charge in [0, 0.05) is 43.9 Å². The van der Waals surface area contributed by atoms with Crippen LogP contribution in [0.25, 0.3) is 16.7 Å². The van der Waals surface area contributed by atoms with E-state index in [1.54, 1.807) is 20.3 Å². The van der Waals surface area contributed by atoms with Gasteiger partial charge >= 0.3 is 0 Å². The highest BCUT2D eigenvalue weighted by molar-refractivity contribution is 6.02. The summed E-state index contributed by atoms with van der Waals surface area (Å²) in [5, 5.41) is 6.28. The van der Waals surface area contributed by atoms with Gasteiger partial charge in [0.05, 0.1) is 13.7 Å². The Hall–Kier alpha value is -3.94. The van der Waals surface area contributed by atoms with Gasteiger partial charge in [-0.15, -0.1) is 0 Å². The van der Waals surface area contributed by atoms with E-state index in [0.29, 0.717) is 37.6 Å². The number of carbonyl (C=O) groups excluding carboxylic acids is 2. The lowest BCUT2D eigenvalue weighted by Crippen LogP contribution is -2.39. The molecule has 1 saturated carbocycles. The quantitative estimate of drug-likeness (QED) is 0.346. The van der Waals surface area contributed by atoms with Gasteiger partial charge in [0.2, 0.25) is 0 Å². The molecule has 0 aromatic heterocycles. The second-order valence-electron chi connectivity index (χ2n) is 10.3. The summed E-state index contributed by atoms with van der Waals surface area (Å²) >= 11 is 0. The van der Waals surface area contributed by atoms with Crippen molar-refractivity contribution in [3.63, 3.8) is 0 Å². The molecule has 0 bridgehead atoms. The van der Waals surface area contributed by atoms with Crippen molar-refractivity contribution < 1.29 is 19.1 Å². The second-order valence-corrected chi connectivity index (χ2v) is 10.3. The molecular weight excluding hydrogens is 502 g/mol. The molecule has 0 radical (unpaired) electrons. The maximum Gasteiger partial charge on any atom is 0.251 e. The molecule has 40 heavy (non-hydrogen) atoms. The van der Waals surface area contributed by atoms with Crippen LogP contribution in [0.1, 0.15) is 40.7 Å². The topological polar surface area (TPSA) is 79.9 Å². The number of nitrogens with one attached hydrogen (secondary N) is 2. The number of ether oxygens (including phenoxy) is 2. The Labute approximate surface area is 236 Å². The van der Waals surface area contributed by atoms with Crippen molar-refractivity contribution in [2.45, 2.75) is 31.8 Å². The first kappa shape index (κ1) is 27.6. The third-order valence-corrected chi connectivity index (χ3v) is 7.45. The van der Waals surface area contributed by atoms with Gasteiger partial charge in [-0.3, -0.25) is 9.59 Å². The lowest BCUT2D eigenvalue weighted by molar-refractivity contribution is -0.128.